The molecule has 1 atom stereocenters. The first-order chi connectivity index (χ1) is 5.49. The molecule has 0 aromatic rings. The Labute approximate surface area is 72.3 Å². The maximum absolute atomic E-state index is 9.39. The molecule has 4 N–H and O–H groups in total. The Morgan fingerprint density at radius 2 is 2.00 bits per heavy atom. The average molecular weight is 175 g/mol. The van der Waals surface area contributed by atoms with E-state index in [-0.39, 0.29) is 6.10 Å². The molecule has 0 bridgehead atoms. The van der Waals surface area contributed by atoms with Crippen LogP contribution in [0.5, 0.6) is 0 Å². The first-order valence-electron chi connectivity index (χ1n) is 4.34. The molecule has 4 nitrogen and oxygen atoms in total. The first-order valence-corrected chi connectivity index (χ1v) is 4.34. The lowest BCUT2D eigenvalue weighted by Crippen LogP contribution is -2.44. The zero-order chi connectivity index (χ0) is 9.19. The Kier molecular flexibility index (Phi) is 3.06. The van der Waals surface area contributed by atoms with Gasteiger partial charge in [-0.05, 0) is 32.6 Å². The van der Waals surface area contributed by atoms with Crippen LogP contribution in [0.3, 0.4) is 0 Å². The van der Waals surface area contributed by atoms with E-state index < -0.39 is 12.0 Å². The van der Waals surface area contributed by atoms with Gasteiger partial charge in [0.1, 0.15) is 5.72 Å². The van der Waals surface area contributed by atoms with Gasteiger partial charge in [-0.25, -0.2) is 0 Å². The van der Waals surface area contributed by atoms with Gasteiger partial charge in [-0.15, -0.1) is 0 Å². The zero-order valence-electron chi connectivity index (χ0n) is 7.36. The molecular weight excluding hydrogens is 158 g/mol. The van der Waals surface area contributed by atoms with E-state index in [2.05, 4.69) is 0 Å². The summed E-state index contributed by atoms with van der Waals surface area (Å²) in [7, 11) is 0. The van der Waals surface area contributed by atoms with Crippen molar-refractivity contribution in [2.45, 2.75) is 50.7 Å². The van der Waals surface area contributed by atoms with Crippen molar-refractivity contribution in [1.82, 2.24) is 0 Å². The van der Waals surface area contributed by atoms with Crippen LogP contribution in [0.25, 0.3) is 0 Å². The quantitative estimate of drug-likeness (QED) is 0.513. The van der Waals surface area contributed by atoms with Crippen LogP contribution in [0.1, 0.15) is 32.6 Å². The molecule has 1 saturated carbocycles. The Morgan fingerprint density at radius 1 is 1.50 bits per heavy atom. The Morgan fingerprint density at radius 3 is 2.42 bits per heavy atom. The number of hydrogen-bond acceptors (Lipinski definition) is 4. The van der Waals surface area contributed by atoms with Gasteiger partial charge in [0.2, 0.25) is 0 Å². The highest BCUT2D eigenvalue weighted by Crippen LogP contribution is 2.26. The maximum Gasteiger partial charge on any atom is 0.152 e. The predicted molar refractivity (Wildman–Crippen MR) is 44.2 cm³/mol. The summed E-state index contributed by atoms with van der Waals surface area (Å²) in [6.07, 6.45) is 1.86. The fraction of sp³-hybridized carbons (Fsp3) is 1.00. The summed E-state index contributed by atoms with van der Waals surface area (Å²) in [5, 5.41) is 18.3. The highest BCUT2D eigenvalue weighted by Gasteiger charge is 2.29. The summed E-state index contributed by atoms with van der Waals surface area (Å²) in [6.45, 7) is 1.59. The number of rotatable bonds is 2. The molecule has 0 aromatic heterocycles. The summed E-state index contributed by atoms with van der Waals surface area (Å²) >= 11 is 0. The smallest absolute Gasteiger partial charge is 0.152 e. The predicted octanol–water partition coefficient (Wildman–Crippen LogP) is -0.0688. The highest BCUT2D eigenvalue weighted by molar-refractivity contribution is 4.80. The van der Waals surface area contributed by atoms with Gasteiger partial charge in [0, 0.05) is 0 Å². The lowest BCUT2D eigenvalue weighted by molar-refractivity contribution is -0.147. The van der Waals surface area contributed by atoms with Crippen molar-refractivity contribution >= 4 is 0 Å². The van der Waals surface area contributed by atoms with Crippen molar-refractivity contribution in [3.05, 3.63) is 0 Å². The summed E-state index contributed by atoms with van der Waals surface area (Å²) in [5.41, 5.74) is 4.49. The molecule has 12 heavy (non-hydrogen) atoms. The topological polar surface area (TPSA) is 75.7 Å². The molecular formula is C8H17NO3. The lowest BCUT2D eigenvalue weighted by atomic mass is 9.90. The van der Waals surface area contributed by atoms with Crippen LogP contribution in [0.2, 0.25) is 0 Å². The third kappa shape index (κ3) is 3.06. The van der Waals surface area contributed by atoms with E-state index in [9.17, 15) is 5.11 Å². The minimum absolute atomic E-state index is 0.0498. The Bertz CT molecular complexity index is 137. The number of aliphatic hydroxyl groups is 2. The van der Waals surface area contributed by atoms with Gasteiger partial charge in [0.15, 0.2) is 6.29 Å². The van der Waals surface area contributed by atoms with E-state index in [4.69, 9.17) is 15.6 Å². The molecule has 0 aliphatic heterocycles. The third-order valence-corrected chi connectivity index (χ3v) is 2.19. The molecule has 72 valence electrons. The number of nitrogens with two attached hydrogens (primary N) is 1. The summed E-state index contributed by atoms with van der Waals surface area (Å²) < 4.78 is 5.17. The number of aliphatic hydroxyl groups excluding tert-OH is 1. The fourth-order valence-corrected chi connectivity index (χ4v) is 1.51. The van der Waals surface area contributed by atoms with Crippen LogP contribution >= 0.6 is 0 Å². The van der Waals surface area contributed by atoms with Crippen molar-refractivity contribution < 1.29 is 14.9 Å². The van der Waals surface area contributed by atoms with Gasteiger partial charge >= 0.3 is 0 Å². The number of hydrogen-bond donors (Lipinski definition) is 3. The number of ether oxygens (including phenoxy) is 1. The fourth-order valence-electron chi connectivity index (χ4n) is 1.51. The van der Waals surface area contributed by atoms with Crippen LogP contribution < -0.4 is 5.73 Å². The van der Waals surface area contributed by atoms with Crippen molar-refractivity contribution in [2.75, 3.05) is 0 Å². The van der Waals surface area contributed by atoms with Crippen molar-refractivity contribution in [3.63, 3.8) is 0 Å². The van der Waals surface area contributed by atoms with Crippen LogP contribution in [0, 0.1) is 0 Å². The third-order valence-electron chi connectivity index (χ3n) is 2.19. The second kappa shape index (κ2) is 3.70. The van der Waals surface area contributed by atoms with Crippen LogP contribution in [-0.2, 0) is 4.74 Å². The average Bonchev–Trinajstić information content (AvgIpc) is 1.93. The second-order valence-electron chi connectivity index (χ2n) is 3.54. The molecule has 1 fully saturated rings. The standard InChI is InChI=1S/C8H17NO3/c1-6(10)12-7-2-4-8(9,11)5-3-7/h6-7,10-11H,2-5,9H2,1H3. The van der Waals surface area contributed by atoms with Crippen molar-refractivity contribution in [1.29, 1.82) is 0 Å². The largest absolute Gasteiger partial charge is 0.376 e. The van der Waals surface area contributed by atoms with Gasteiger partial charge in [-0.2, -0.15) is 0 Å². The van der Waals surface area contributed by atoms with Crippen LogP contribution in [-0.4, -0.2) is 28.3 Å². The minimum atomic E-state index is -1.02. The van der Waals surface area contributed by atoms with Crippen LogP contribution in [0.15, 0.2) is 0 Å². The molecule has 1 aliphatic carbocycles. The molecule has 4 heteroatoms. The van der Waals surface area contributed by atoms with Crippen molar-refractivity contribution in [2.24, 2.45) is 5.73 Å². The molecule has 0 aromatic carbocycles. The maximum atomic E-state index is 9.39. The highest BCUT2D eigenvalue weighted by atomic mass is 16.6. The van der Waals surface area contributed by atoms with Gasteiger partial charge in [-0.3, -0.25) is 0 Å². The van der Waals surface area contributed by atoms with Gasteiger partial charge in [0.25, 0.3) is 0 Å². The van der Waals surface area contributed by atoms with Gasteiger partial charge in [-0.1, -0.05) is 0 Å². The molecule has 0 saturated heterocycles. The molecule has 1 unspecified atom stereocenters. The molecule has 0 spiro atoms. The zero-order valence-corrected chi connectivity index (χ0v) is 7.36. The molecule has 0 heterocycles. The Hall–Kier alpha value is -0.160. The van der Waals surface area contributed by atoms with E-state index >= 15 is 0 Å². The van der Waals surface area contributed by atoms with E-state index in [0.717, 1.165) is 12.8 Å². The normalized spacial score (nSPS) is 39.5. The summed E-state index contributed by atoms with van der Waals surface area (Å²) in [6, 6.07) is 0. The monoisotopic (exact) mass is 175 g/mol. The SMILES string of the molecule is CC(O)OC1CCC(N)(O)CC1. The first kappa shape index (κ1) is 9.92. The molecule has 0 radical (unpaired) electrons. The summed E-state index contributed by atoms with van der Waals surface area (Å²) in [4.78, 5) is 0. The molecule has 0 amide bonds. The van der Waals surface area contributed by atoms with E-state index in [1.807, 2.05) is 0 Å². The molecule has 1 aliphatic rings. The minimum Gasteiger partial charge on any atom is -0.376 e. The van der Waals surface area contributed by atoms with Crippen LogP contribution in [0.4, 0.5) is 0 Å². The van der Waals surface area contributed by atoms with E-state index in [1.54, 1.807) is 6.92 Å². The van der Waals surface area contributed by atoms with E-state index in [0.29, 0.717) is 12.8 Å². The molecule has 1 rings (SSSR count). The lowest BCUT2D eigenvalue weighted by Gasteiger charge is -2.33. The van der Waals surface area contributed by atoms with E-state index in [1.165, 1.54) is 0 Å². The Balaban J connectivity index is 2.27. The van der Waals surface area contributed by atoms with Gasteiger partial charge < -0.3 is 20.7 Å². The summed E-state index contributed by atoms with van der Waals surface area (Å²) in [5.74, 6) is 0. The van der Waals surface area contributed by atoms with Gasteiger partial charge in [0.05, 0.1) is 6.10 Å². The second-order valence-corrected chi connectivity index (χ2v) is 3.54. The van der Waals surface area contributed by atoms with Crippen molar-refractivity contribution in [3.8, 4) is 0 Å².